The van der Waals surface area contributed by atoms with Crippen LogP contribution in [0, 0.1) is 5.41 Å². The van der Waals surface area contributed by atoms with Crippen LogP contribution < -0.4 is 0 Å². The summed E-state index contributed by atoms with van der Waals surface area (Å²) in [5.74, 6) is 0.448. The highest BCUT2D eigenvalue weighted by molar-refractivity contribution is 6.32. The Balaban J connectivity index is 4.12. The minimum atomic E-state index is -0.648. The highest BCUT2D eigenvalue weighted by Gasteiger charge is 2.34. The molecule has 0 unspecified atom stereocenters. The number of hydrogen-bond donors (Lipinski definition) is 0. The highest BCUT2D eigenvalue weighted by Crippen LogP contribution is 2.43. The molecule has 0 spiro atoms. The van der Waals surface area contributed by atoms with E-state index in [9.17, 15) is 0 Å². The van der Waals surface area contributed by atoms with Gasteiger partial charge in [0.2, 0.25) is 9.76 Å². The first-order chi connectivity index (χ1) is 5.70. The van der Waals surface area contributed by atoms with E-state index in [2.05, 4.69) is 41.2 Å². The van der Waals surface area contributed by atoms with Crippen molar-refractivity contribution in [3.8, 4) is 0 Å². The van der Waals surface area contributed by atoms with Gasteiger partial charge in [0.1, 0.15) is 0 Å². The lowest BCUT2D eigenvalue weighted by Crippen LogP contribution is -2.30. The van der Waals surface area contributed by atoms with Crippen LogP contribution in [0.15, 0.2) is 12.5 Å². The molecule has 0 heterocycles. The summed E-state index contributed by atoms with van der Waals surface area (Å²) in [6.45, 7) is 14.8. The Hall–Kier alpha value is -0.443. The Morgan fingerprint density at radius 2 is 1.62 bits per heavy atom. The van der Waals surface area contributed by atoms with Gasteiger partial charge in [0.25, 0.3) is 5.95 Å². The van der Waals surface area contributed by atoms with Gasteiger partial charge in [0.15, 0.2) is 0 Å². The van der Waals surface area contributed by atoms with Crippen molar-refractivity contribution in [2.45, 2.75) is 39.7 Å². The topological polar surface area (TPSA) is 18.5 Å². The molecule has 0 aromatic heterocycles. The van der Waals surface area contributed by atoms with Gasteiger partial charge >= 0.3 is 0 Å². The Kier molecular flexibility index (Phi) is 4.04. The van der Waals surface area contributed by atoms with E-state index < -0.39 is 9.76 Å². The highest BCUT2D eigenvalue weighted by atomic mass is 28.2. The Bertz CT molecular complexity index is 180. The molecule has 0 bridgehead atoms. The summed E-state index contributed by atoms with van der Waals surface area (Å²) in [6, 6.07) is 0. The molecular weight excluding hydrogens is 180 g/mol. The van der Waals surface area contributed by atoms with Crippen LogP contribution in [0.1, 0.15) is 34.6 Å². The summed E-state index contributed by atoms with van der Waals surface area (Å²) in [4.78, 5) is 0. The fourth-order valence-electron chi connectivity index (χ4n) is 0.536. The van der Waals surface area contributed by atoms with Crippen molar-refractivity contribution in [1.82, 2.24) is 0 Å². The lowest BCUT2D eigenvalue weighted by Gasteiger charge is -2.37. The molecule has 13 heavy (non-hydrogen) atoms. The molecular formula is C10H22O2Si. The summed E-state index contributed by atoms with van der Waals surface area (Å²) in [7, 11) is 0.936. The van der Waals surface area contributed by atoms with Crippen LogP contribution in [0.5, 0.6) is 0 Å². The molecule has 0 aliphatic rings. The summed E-state index contributed by atoms with van der Waals surface area (Å²) in [5, 5.41) is 0.245. The van der Waals surface area contributed by atoms with E-state index in [0.717, 1.165) is 0 Å². The molecule has 0 aliphatic carbocycles. The molecule has 0 N–H and O–H groups in total. The molecule has 0 saturated carbocycles. The SMILES string of the molecule is C=C(OC)O[SiH2]C(C)(C)C(C)(C)C. The van der Waals surface area contributed by atoms with Gasteiger partial charge in [-0.2, -0.15) is 0 Å². The number of rotatable bonds is 4. The minimum absolute atomic E-state index is 0.245. The Labute approximate surface area is 84.3 Å². The van der Waals surface area contributed by atoms with Gasteiger partial charge in [-0.25, -0.2) is 0 Å². The summed E-state index contributed by atoms with van der Waals surface area (Å²) in [5.41, 5.74) is 0.271. The van der Waals surface area contributed by atoms with Crippen molar-refractivity contribution in [2.24, 2.45) is 5.41 Å². The van der Waals surface area contributed by atoms with Crippen LogP contribution in [0.2, 0.25) is 5.04 Å². The number of hydrogen-bond acceptors (Lipinski definition) is 2. The first-order valence-electron chi connectivity index (χ1n) is 4.56. The summed E-state index contributed by atoms with van der Waals surface area (Å²) < 4.78 is 10.4. The average molecular weight is 202 g/mol. The second-order valence-electron chi connectivity index (χ2n) is 5.00. The third-order valence-corrected chi connectivity index (χ3v) is 5.10. The van der Waals surface area contributed by atoms with E-state index in [0.29, 0.717) is 5.95 Å². The summed E-state index contributed by atoms with van der Waals surface area (Å²) >= 11 is 0. The largest absolute Gasteiger partial charge is 0.525 e. The monoisotopic (exact) mass is 202 g/mol. The summed E-state index contributed by atoms with van der Waals surface area (Å²) in [6.07, 6.45) is 0. The average Bonchev–Trinajstić information content (AvgIpc) is 1.98. The van der Waals surface area contributed by atoms with Gasteiger partial charge in [0, 0.05) is 0 Å². The van der Waals surface area contributed by atoms with Crippen molar-refractivity contribution in [3.63, 3.8) is 0 Å². The lowest BCUT2D eigenvalue weighted by atomic mass is 9.82. The molecule has 0 atom stereocenters. The van der Waals surface area contributed by atoms with Gasteiger partial charge in [-0.3, -0.25) is 0 Å². The number of ether oxygens (including phenoxy) is 1. The van der Waals surface area contributed by atoms with E-state index in [1.165, 1.54) is 0 Å². The fraction of sp³-hybridized carbons (Fsp3) is 0.800. The molecule has 0 fully saturated rings. The normalized spacial score (nSPS) is 13.4. The van der Waals surface area contributed by atoms with Gasteiger partial charge in [-0.15, -0.1) is 0 Å². The molecule has 2 nitrogen and oxygen atoms in total. The maximum Gasteiger partial charge on any atom is 0.257 e. The molecule has 0 saturated heterocycles. The third kappa shape index (κ3) is 3.85. The zero-order valence-electron chi connectivity index (χ0n) is 9.73. The van der Waals surface area contributed by atoms with Crippen LogP contribution in [-0.4, -0.2) is 16.9 Å². The van der Waals surface area contributed by atoms with Gasteiger partial charge < -0.3 is 9.16 Å². The maximum absolute atomic E-state index is 5.50. The van der Waals surface area contributed by atoms with Gasteiger partial charge in [0.05, 0.1) is 7.11 Å². The van der Waals surface area contributed by atoms with Crippen molar-refractivity contribution < 1.29 is 9.16 Å². The van der Waals surface area contributed by atoms with Gasteiger partial charge in [-0.1, -0.05) is 34.6 Å². The van der Waals surface area contributed by atoms with E-state index >= 15 is 0 Å². The Morgan fingerprint density at radius 3 is 1.92 bits per heavy atom. The predicted octanol–water partition coefficient (Wildman–Crippen LogP) is 2.45. The fourth-order valence-corrected chi connectivity index (χ4v) is 1.61. The molecule has 3 heteroatoms. The van der Waals surface area contributed by atoms with Crippen molar-refractivity contribution in [2.75, 3.05) is 7.11 Å². The van der Waals surface area contributed by atoms with E-state index in [4.69, 9.17) is 9.16 Å². The standard InChI is InChI=1S/C10H22O2Si/c1-8(11-7)12-13-10(5,6)9(2,3)4/h1,13H2,2-7H3. The molecule has 0 rings (SSSR count). The maximum atomic E-state index is 5.50. The minimum Gasteiger partial charge on any atom is -0.525 e. The first-order valence-corrected chi connectivity index (χ1v) is 5.85. The van der Waals surface area contributed by atoms with Crippen LogP contribution in [0.4, 0.5) is 0 Å². The lowest BCUT2D eigenvalue weighted by molar-refractivity contribution is 0.146. The number of methoxy groups -OCH3 is 1. The molecule has 78 valence electrons. The van der Waals surface area contributed by atoms with E-state index in [-0.39, 0.29) is 10.5 Å². The quantitative estimate of drug-likeness (QED) is 0.515. The van der Waals surface area contributed by atoms with E-state index in [1.54, 1.807) is 7.11 Å². The van der Waals surface area contributed by atoms with Crippen LogP contribution in [0.3, 0.4) is 0 Å². The van der Waals surface area contributed by atoms with Gasteiger partial charge in [-0.05, 0) is 17.0 Å². The molecule has 0 aromatic carbocycles. The molecule has 0 aliphatic heterocycles. The zero-order chi connectivity index (χ0) is 10.7. The predicted molar refractivity (Wildman–Crippen MR) is 59.3 cm³/mol. The van der Waals surface area contributed by atoms with Crippen LogP contribution in [0.25, 0.3) is 0 Å². The second-order valence-corrected chi connectivity index (χ2v) is 7.34. The van der Waals surface area contributed by atoms with Crippen LogP contribution in [-0.2, 0) is 9.16 Å². The molecule has 0 radical (unpaired) electrons. The molecule has 0 amide bonds. The smallest absolute Gasteiger partial charge is 0.257 e. The van der Waals surface area contributed by atoms with E-state index in [1.807, 2.05) is 0 Å². The molecule has 0 aromatic rings. The Morgan fingerprint density at radius 1 is 1.15 bits per heavy atom. The van der Waals surface area contributed by atoms with Crippen molar-refractivity contribution in [1.29, 1.82) is 0 Å². The zero-order valence-corrected chi connectivity index (χ0v) is 11.1. The third-order valence-electron chi connectivity index (χ3n) is 2.85. The first kappa shape index (κ1) is 12.6. The van der Waals surface area contributed by atoms with Crippen LogP contribution >= 0.6 is 0 Å². The van der Waals surface area contributed by atoms with Crippen molar-refractivity contribution >= 4 is 9.76 Å². The second kappa shape index (κ2) is 4.18. The van der Waals surface area contributed by atoms with Crippen molar-refractivity contribution in [3.05, 3.63) is 12.5 Å².